The van der Waals surface area contributed by atoms with Gasteiger partial charge in [0.15, 0.2) is 5.82 Å². The first-order valence-corrected chi connectivity index (χ1v) is 10.9. The molecule has 3 aliphatic rings. The quantitative estimate of drug-likeness (QED) is 0.772. The highest BCUT2D eigenvalue weighted by Gasteiger charge is 2.27. The largest absolute Gasteiger partial charge is 0.340 e. The molecule has 0 atom stereocenters. The van der Waals surface area contributed by atoms with E-state index in [2.05, 4.69) is 33.1 Å². The van der Waals surface area contributed by atoms with Crippen molar-refractivity contribution in [2.75, 3.05) is 46.3 Å². The van der Waals surface area contributed by atoms with Crippen LogP contribution in [0.2, 0.25) is 0 Å². The summed E-state index contributed by atoms with van der Waals surface area (Å²) in [6, 6.07) is 0.747. The number of likely N-dealkylation sites (N-methyl/N-ethyl adjacent to an activating group) is 1. The molecule has 7 nitrogen and oxygen atoms in total. The maximum Gasteiger partial charge on any atom is 0.227 e. The second-order valence-corrected chi connectivity index (χ2v) is 8.46. The highest BCUT2D eigenvalue weighted by atomic mass is 16.5. The lowest BCUT2D eigenvalue weighted by Gasteiger charge is -2.40. The monoisotopic (exact) mass is 387 g/mol. The van der Waals surface area contributed by atoms with Crippen LogP contribution in [0.15, 0.2) is 10.6 Å². The fraction of sp³-hybridized carbons (Fsp3) is 0.762. The van der Waals surface area contributed by atoms with Gasteiger partial charge < -0.3 is 14.3 Å². The first-order chi connectivity index (χ1) is 13.7. The zero-order chi connectivity index (χ0) is 19.3. The third-order valence-corrected chi connectivity index (χ3v) is 6.48. The summed E-state index contributed by atoms with van der Waals surface area (Å²) in [5.41, 5.74) is 1.15. The van der Waals surface area contributed by atoms with E-state index in [0.717, 1.165) is 57.3 Å². The Morgan fingerprint density at radius 3 is 2.64 bits per heavy atom. The number of rotatable bonds is 5. The molecule has 1 aromatic rings. The van der Waals surface area contributed by atoms with Crippen LogP contribution in [0.5, 0.6) is 0 Å². The van der Waals surface area contributed by atoms with Crippen molar-refractivity contribution >= 4 is 11.5 Å². The molecule has 4 rings (SSSR count). The fourth-order valence-electron chi connectivity index (χ4n) is 4.62. The summed E-state index contributed by atoms with van der Waals surface area (Å²) in [7, 11) is 2.11. The van der Waals surface area contributed by atoms with Crippen LogP contribution in [0.25, 0.3) is 5.57 Å². The minimum absolute atomic E-state index is 0.210. The van der Waals surface area contributed by atoms with Crippen molar-refractivity contribution in [2.24, 2.45) is 0 Å². The molecule has 1 aromatic heterocycles. The van der Waals surface area contributed by atoms with Gasteiger partial charge in [0, 0.05) is 58.2 Å². The third-order valence-electron chi connectivity index (χ3n) is 6.48. The highest BCUT2D eigenvalue weighted by molar-refractivity contribution is 5.76. The van der Waals surface area contributed by atoms with Gasteiger partial charge in [-0.2, -0.15) is 4.98 Å². The van der Waals surface area contributed by atoms with Crippen molar-refractivity contribution in [1.29, 1.82) is 0 Å². The normalized spacial score (nSPS) is 23.0. The Hall–Kier alpha value is -1.73. The van der Waals surface area contributed by atoms with Crippen LogP contribution in [0.4, 0.5) is 0 Å². The Morgan fingerprint density at radius 2 is 1.93 bits per heavy atom. The first kappa shape index (κ1) is 19.6. The van der Waals surface area contributed by atoms with E-state index in [1.807, 2.05) is 4.90 Å². The van der Waals surface area contributed by atoms with E-state index in [0.29, 0.717) is 24.6 Å². The average Bonchev–Trinajstić information content (AvgIpc) is 3.22. The summed E-state index contributed by atoms with van der Waals surface area (Å²) in [6.45, 7) is 5.68. The van der Waals surface area contributed by atoms with Gasteiger partial charge in [0.2, 0.25) is 11.8 Å². The minimum Gasteiger partial charge on any atom is -0.340 e. The number of amides is 1. The van der Waals surface area contributed by atoms with Crippen LogP contribution in [-0.4, -0.2) is 83.1 Å². The Balaban J connectivity index is 1.22. The summed E-state index contributed by atoms with van der Waals surface area (Å²) in [5, 5.41) is 4.11. The summed E-state index contributed by atoms with van der Waals surface area (Å²) < 4.78 is 5.38. The molecule has 154 valence electrons. The molecule has 1 amide bonds. The molecule has 28 heavy (non-hydrogen) atoms. The van der Waals surface area contributed by atoms with E-state index >= 15 is 0 Å². The molecule has 0 spiro atoms. The Labute approximate surface area is 167 Å². The van der Waals surface area contributed by atoms with Gasteiger partial charge in [-0.1, -0.05) is 30.5 Å². The molecule has 1 aliphatic carbocycles. The van der Waals surface area contributed by atoms with Crippen molar-refractivity contribution in [2.45, 2.75) is 57.4 Å². The van der Waals surface area contributed by atoms with Crippen molar-refractivity contribution in [1.82, 2.24) is 24.8 Å². The number of aromatic nitrogens is 2. The summed E-state index contributed by atoms with van der Waals surface area (Å²) in [5.74, 6) is 1.47. The molecule has 1 saturated heterocycles. The number of hydrogen-bond donors (Lipinski definition) is 0. The van der Waals surface area contributed by atoms with Gasteiger partial charge in [-0.05, 0) is 31.9 Å². The van der Waals surface area contributed by atoms with Gasteiger partial charge in [-0.25, -0.2) is 0 Å². The molecule has 1 saturated carbocycles. The minimum atomic E-state index is 0.210. The van der Waals surface area contributed by atoms with Crippen molar-refractivity contribution in [3.05, 3.63) is 17.8 Å². The van der Waals surface area contributed by atoms with Crippen molar-refractivity contribution in [3.63, 3.8) is 0 Å². The molecule has 0 unspecified atom stereocenters. The molecule has 0 bridgehead atoms. The van der Waals surface area contributed by atoms with E-state index in [-0.39, 0.29) is 5.91 Å². The molecule has 0 aromatic carbocycles. The van der Waals surface area contributed by atoms with E-state index in [9.17, 15) is 4.79 Å². The molecule has 2 aliphatic heterocycles. The van der Waals surface area contributed by atoms with Gasteiger partial charge in [0.25, 0.3) is 0 Å². The van der Waals surface area contributed by atoms with Crippen LogP contribution >= 0.6 is 0 Å². The van der Waals surface area contributed by atoms with Gasteiger partial charge >= 0.3 is 0 Å². The predicted octanol–water partition coefficient (Wildman–Crippen LogP) is 2.20. The zero-order valence-corrected chi connectivity index (χ0v) is 17.1. The summed E-state index contributed by atoms with van der Waals surface area (Å²) in [4.78, 5) is 24.0. The first-order valence-electron chi connectivity index (χ1n) is 10.9. The molecular formula is C21H33N5O2. The Bertz CT molecular complexity index is 687. The number of aryl methyl sites for hydroxylation is 1. The van der Waals surface area contributed by atoms with Gasteiger partial charge in [-0.3, -0.25) is 9.69 Å². The predicted molar refractivity (Wildman–Crippen MR) is 108 cm³/mol. The molecular weight excluding hydrogens is 354 g/mol. The maximum absolute atomic E-state index is 12.6. The number of piperazine rings is 1. The molecule has 3 heterocycles. The smallest absolute Gasteiger partial charge is 0.227 e. The number of hydrogen-bond acceptors (Lipinski definition) is 6. The molecule has 2 fully saturated rings. The second kappa shape index (κ2) is 9.18. The van der Waals surface area contributed by atoms with E-state index in [4.69, 9.17) is 4.52 Å². The maximum atomic E-state index is 12.6. The van der Waals surface area contributed by atoms with Crippen molar-refractivity contribution < 1.29 is 9.32 Å². The highest BCUT2D eigenvalue weighted by Crippen LogP contribution is 2.24. The SMILES string of the molecule is CN1CC=C(c2noc(CCC(=O)N3CCN(C4CCCCC4)CC3)n2)CC1. The Kier molecular flexibility index (Phi) is 6.42. The van der Waals surface area contributed by atoms with Crippen LogP contribution in [0.1, 0.15) is 56.7 Å². The third kappa shape index (κ3) is 4.81. The number of carbonyl (C=O) groups is 1. The van der Waals surface area contributed by atoms with Crippen LogP contribution in [0.3, 0.4) is 0 Å². The van der Waals surface area contributed by atoms with Gasteiger partial charge in [-0.15, -0.1) is 0 Å². The topological polar surface area (TPSA) is 65.7 Å². The Morgan fingerprint density at radius 1 is 1.14 bits per heavy atom. The van der Waals surface area contributed by atoms with Gasteiger partial charge in [0.05, 0.1) is 0 Å². The summed E-state index contributed by atoms with van der Waals surface area (Å²) >= 11 is 0. The van der Waals surface area contributed by atoms with Crippen LogP contribution < -0.4 is 0 Å². The van der Waals surface area contributed by atoms with E-state index < -0.39 is 0 Å². The molecule has 0 N–H and O–H groups in total. The van der Waals surface area contributed by atoms with Crippen molar-refractivity contribution in [3.8, 4) is 0 Å². The average molecular weight is 388 g/mol. The number of nitrogens with zero attached hydrogens (tertiary/aromatic N) is 5. The molecule has 7 heteroatoms. The lowest BCUT2D eigenvalue weighted by Crippen LogP contribution is -2.52. The number of carbonyl (C=O) groups excluding carboxylic acids is 1. The lowest BCUT2D eigenvalue weighted by atomic mass is 9.94. The second-order valence-electron chi connectivity index (χ2n) is 8.46. The zero-order valence-electron chi connectivity index (χ0n) is 17.1. The van der Waals surface area contributed by atoms with Gasteiger partial charge in [0.1, 0.15) is 0 Å². The van der Waals surface area contributed by atoms with E-state index in [1.54, 1.807) is 0 Å². The van der Waals surface area contributed by atoms with Crippen LogP contribution in [-0.2, 0) is 11.2 Å². The summed E-state index contributed by atoms with van der Waals surface area (Å²) in [6.07, 6.45) is 10.9. The molecule has 0 radical (unpaired) electrons. The standard InChI is InChI=1S/C21H33N5O2/c1-24-11-9-17(10-12-24)21-22-19(28-23-21)7-8-20(27)26-15-13-25(14-16-26)18-5-3-2-4-6-18/h9,18H,2-8,10-16H2,1H3. The lowest BCUT2D eigenvalue weighted by molar-refractivity contribution is -0.133. The van der Waals surface area contributed by atoms with E-state index in [1.165, 1.54) is 32.1 Å². The fourth-order valence-corrected chi connectivity index (χ4v) is 4.62. The van der Waals surface area contributed by atoms with Crippen LogP contribution in [0, 0.1) is 0 Å².